The van der Waals surface area contributed by atoms with Gasteiger partial charge in [-0.15, -0.1) is 0 Å². The molecule has 0 bridgehead atoms. The van der Waals surface area contributed by atoms with E-state index in [2.05, 4.69) is 10.6 Å². The van der Waals surface area contributed by atoms with Gasteiger partial charge in [0.2, 0.25) is 6.79 Å². The molecule has 0 radical (unpaired) electrons. The second-order valence-electron chi connectivity index (χ2n) is 9.80. The van der Waals surface area contributed by atoms with E-state index in [1.807, 2.05) is 6.92 Å². The maximum atomic E-state index is 13.2. The summed E-state index contributed by atoms with van der Waals surface area (Å²) in [7, 11) is 1.24. The highest BCUT2D eigenvalue weighted by Crippen LogP contribution is 2.41. The summed E-state index contributed by atoms with van der Waals surface area (Å²) in [4.78, 5) is 49.7. The number of hydrogen-bond acceptors (Lipinski definition) is 12. The fourth-order valence-corrected chi connectivity index (χ4v) is 4.80. The summed E-state index contributed by atoms with van der Waals surface area (Å²) < 4.78 is 25.6. The normalized spacial score (nSPS) is 16.0. The molecule has 1 unspecified atom stereocenters. The lowest BCUT2D eigenvalue weighted by atomic mass is 9.80. The van der Waals surface area contributed by atoms with E-state index in [0.29, 0.717) is 28.4 Å². The van der Waals surface area contributed by atoms with Crippen LogP contribution in [0.3, 0.4) is 0 Å². The summed E-state index contributed by atoms with van der Waals surface area (Å²) in [5.74, 6) is -2.98. The molecule has 0 aliphatic carbocycles. The van der Waals surface area contributed by atoms with Crippen LogP contribution in [0, 0.1) is 0 Å². The molecule has 1 amide bonds. The van der Waals surface area contributed by atoms with Gasteiger partial charge in [0.25, 0.3) is 0 Å². The van der Waals surface area contributed by atoms with E-state index < -0.39 is 48.9 Å². The predicted molar refractivity (Wildman–Crippen MR) is 158 cm³/mol. The first kappa shape index (κ1) is 36.5. The van der Waals surface area contributed by atoms with Gasteiger partial charge in [0.15, 0.2) is 0 Å². The minimum Gasteiger partial charge on any atom is -0.466 e. The monoisotopic (exact) mass is 640 g/mol. The smallest absolute Gasteiger partial charge is 0.410 e. The number of rotatable bonds is 17. The molecule has 244 valence electrons. The first-order valence-electron chi connectivity index (χ1n) is 14.2. The quantitative estimate of drug-likeness (QED) is 0.0848. The van der Waals surface area contributed by atoms with Crippen LogP contribution >= 0.6 is 11.6 Å². The molecule has 3 atom stereocenters. The van der Waals surface area contributed by atoms with Gasteiger partial charge in [-0.3, -0.25) is 4.79 Å². The van der Waals surface area contributed by atoms with E-state index in [9.17, 15) is 29.4 Å². The van der Waals surface area contributed by atoms with Crippen molar-refractivity contribution in [2.75, 3.05) is 40.3 Å². The highest BCUT2D eigenvalue weighted by molar-refractivity contribution is 6.31. The van der Waals surface area contributed by atoms with Crippen LogP contribution in [0.2, 0.25) is 5.02 Å². The molecule has 44 heavy (non-hydrogen) atoms. The van der Waals surface area contributed by atoms with Gasteiger partial charge in [-0.05, 0) is 38.3 Å². The molecular formula is C30H41ClN2O11. The summed E-state index contributed by atoms with van der Waals surface area (Å²) in [5, 5.41) is 25.4. The van der Waals surface area contributed by atoms with E-state index in [-0.39, 0.29) is 50.4 Å². The molecule has 0 saturated carbocycles. The van der Waals surface area contributed by atoms with Gasteiger partial charge < -0.3 is 44.5 Å². The molecule has 1 heterocycles. The lowest BCUT2D eigenvalue weighted by Gasteiger charge is -2.31. The van der Waals surface area contributed by atoms with Gasteiger partial charge in [-0.1, -0.05) is 43.1 Å². The summed E-state index contributed by atoms with van der Waals surface area (Å²) in [5.41, 5.74) is 1.61. The number of methoxy groups -OCH3 is 1. The Morgan fingerprint density at radius 2 is 1.75 bits per heavy atom. The number of carbonyl (C=O) groups excluding carboxylic acids is 4. The highest BCUT2D eigenvalue weighted by atomic mass is 35.5. The number of dihydropyridines is 1. The van der Waals surface area contributed by atoms with Gasteiger partial charge in [-0.25, -0.2) is 14.4 Å². The van der Waals surface area contributed by atoms with Crippen LogP contribution in [0.5, 0.6) is 0 Å². The van der Waals surface area contributed by atoms with Gasteiger partial charge in [-0.2, -0.15) is 0 Å². The van der Waals surface area contributed by atoms with Gasteiger partial charge in [0, 0.05) is 17.3 Å². The molecule has 0 saturated heterocycles. The zero-order valence-electron chi connectivity index (χ0n) is 25.4. The topological polar surface area (TPSA) is 179 Å². The molecule has 0 aromatic heterocycles. The Labute approximate surface area is 261 Å². The van der Waals surface area contributed by atoms with Crippen molar-refractivity contribution in [2.45, 2.75) is 64.6 Å². The number of allylic oxidation sites excluding steroid dienone is 1. The van der Waals surface area contributed by atoms with E-state index in [1.54, 1.807) is 38.1 Å². The van der Waals surface area contributed by atoms with Gasteiger partial charge in [0.1, 0.15) is 0 Å². The number of nitrogens with one attached hydrogen (secondary N) is 2. The lowest BCUT2D eigenvalue weighted by molar-refractivity contribution is -0.154. The SMILES string of the molecule is CCC[C@@H](O)C[C@@H](O)CC(=O)OCOC(=O)NCCOCC1=C(C(=O)OCC)C(c2ccccc2Cl)C(C(=O)OC)=C(C)N1. The molecule has 1 aromatic rings. The number of esters is 3. The summed E-state index contributed by atoms with van der Waals surface area (Å²) in [6.07, 6.45) is -1.70. The van der Waals surface area contributed by atoms with Crippen molar-refractivity contribution >= 4 is 35.6 Å². The van der Waals surface area contributed by atoms with Crippen molar-refractivity contribution in [1.29, 1.82) is 0 Å². The number of aliphatic hydroxyl groups excluding tert-OH is 2. The molecule has 1 aromatic carbocycles. The number of benzene rings is 1. The molecule has 4 N–H and O–H groups in total. The Kier molecular flexibility index (Phi) is 15.7. The Morgan fingerprint density at radius 3 is 2.41 bits per heavy atom. The second-order valence-corrected chi connectivity index (χ2v) is 10.2. The fraction of sp³-hybridized carbons (Fsp3) is 0.533. The van der Waals surface area contributed by atoms with Crippen LogP contribution in [0.1, 0.15) is 57.9 Å². The summed E-state index contributed by atoms with van der Waals surface area (Å²) in [6, 6.07) is 6.82. The number of ether oxygens (including phenoxy) is 5. The first-order chi connectivity index (χ1) is 21.0. The first-order valence-corrected chi connectivity index (χ1v) is 14.6. The average Bonchev–Trinajstić information content (AvgIpc) is 2.96. The van der Waals surface area contributed by atoms with E-state index in [1.165, 1.54) is 7.11 Å². The molecule has 1 aliphatic rings. The molecule has 13 nitrogen and oxygen atoms in total. The Balaban J connectivity index is 1.97. The predicted octanol–water partition coefficient (Wildman–Crippen LogP) is 2.84. The van der Waals surface area contributed by atoms with Crippen molar-refractivity contribution < 1.29 is 53.1 Å². The third-order valence-electron chi connectivity index (χ3n) is 6.50. The number of alkyl carbamates (subject to hydrolysis) is 1. The molecule has 0 spiro atoms. The maximum absolute atomic E-state index is 13.2. The lowest BCUT2D eigenvalue weighted by Crippen LogP contribution is -2.35. The number of hydrogen-bond donors (Lipinski definition) is 4. The van der Waals surface area contributed by atoms with Crippen LogP contribution < -0.4 is 10.6 Å². The zero-order chi connectivity index (χ0) is 32.6. The number of aliphatic hydroxyl groups is 2. The van der Waals surface area contributed by atoms with Crippen molar-refractivity contribution in [3.63, 3.8) is 0 Å². The van der Waals surface area contributed by atoms with E-state index >= 15 is 0 Å². The zero-order valence-corrected chi connectivity index (χ0v) is 26.1. The summed E-state index contributed by atoms with van der Waals surface area (Å²) >= 11 is 6.49. The standard InChI is InChI=1S/C30H41ClN2O11/c1-5-9-19(34)14-20(35)15-24(36)43-17-44-30(39)32-12-13-41-16-23-27(29(38)42-6-2)26(21-10-7-8-11-22(21)31)25(18(3)33-23)28(37)40-4/h7-8,10-11,19-20,26,33-35H,5-6,9,12-17H2,1-4H3,(H,32,39)/t19-,20-,26?/m1/s1. The van der Waals surface area contributed by atoms with Crippen LogP contribution in [-0.4, -0.2) is 86.7 Å². The van der Waals surface area contributed by atoms with Crippen LogP contribution in [0.4, 0.5) is 4.79 Å². The van der Waals surface area contributed by atoms with E-state index in [0.717, 1.165) is 6.42 Å². The molecule has 14 heteroatoms. The maximum Gasteiger partial charge on any atom is 0.410 e. The second kappa shape index (κ2) is 18.9. The number of halogens is 1. The number of carbonyl (C=O) groups is 4. The third kappa shape index (κ3) is 11.1. The third-order valence-corrected chi connectivity index (χ3v) is 6.85. The van der Waals surface area contributed by atoms with E-state index in [4.69, 9.17) is 35.3 Å². The minimum atomic E-state index is -1.07. The van der Waals surface area contributed by atoms with Crippen molar-refractivity contribution in [1.82, 2.24) is 10.6 Å². The van der Waals surface area contributed by atoms with Crippen LogP contribution in [-0.2, 0) is 38.1 Å². The number of amides is 1. The molecular weight excluding hydrogens is 600 g/mol. The molecule has 2 rings (SSSR count). The van der Waals surface area contributed by atoms with Crippen LogP contribution in [0.25, 0.3) is 0 Å². The summed E-state index contributed by atoms with van der Waals surface area (Å²) in [6.45, 7) is 4.56. The van der Waals surface area contributed by atoms with Crippen molar-refractivity contribution in [3.8, 4) is 0 Å². The van der Waals surface area contributed by atoms with Crippen molar-refractivity contribution in [2.24, 2.45) is 0 Å². The van der Waals surface area contributed by atoms with Crippen molar-refractivity contribution in [3.05, 3.63) is 57.4 Å². The Bertz CT molecular complexity index is 1220. The minimum absolute atomic E-state index is 0.00579. The highest BCUT2D eigenvalue weighted by Gasteiger charge is 2.39. The molecule has 1 aliphatic heterocycles. The molecule has 0 fully saturated rings. The Hall–Kier alpha value is -3.65. The Morgan fingerprint density at radius 1 is 1.02 bits per heavy atom. The van der Waals surface area contributed by atoms with Crippen LogP contribution in [0.15, 0.2) is 46.8 Å². The largest absolute Gasteiger partial charge is 0.466 e. The van der Waals surface area contributed by atoms with Gasteiger partial charge in [0.05, 0.1) is 68.3 Å². The fourth-order valence-electron chi connectivity index (χ4n) is 4.56. The average molecular weight is 641 g/mol. The van der Waals surface area contributed by atoms with Gasteiger partial charge >= 0.3 is 24.0 Å².